The van der Waals surface area contributed by atoms with Crippen molar-refractivity contribution in [3.8, 4) is 17.2 Å². The highest BCUT2D eigenvalue weighted by Gasteiger charge is 2.15. The van der Waals surface area contributed by atoms with Crippen molar-refractivity contribution in [2.45, 2.75) is 13.0 Å². The molecule has 0 saturated carbocycles. The van der Waals surface area contributed by atoms with E-state index in [1.54, 1.807) is 24.3 Å². The zero-order valence-corrected chi connectivity index (χ0v) is 15.7. The molecule has 1 atom stereocenters. The number of carbonyl (C=O) groups is 2. The topological polar surface area (TPSA) is 85.9 Å². The van der Waals surface area contributed by atoms with E-state index in [4.69, 9.17) is 14.2 Å². The molecule has 0 saturated heterocycles. The Balaban J connectivity index is 1.84. The lowest BCUT2D eigenvalue weighted by molar-refractivity contribution is -0.131. The standard InChI is InChI=1S/C20H21FN2O5/c1-13(28-16-8-6-15(21)7-9-16)20(25)23-22-19(24)11-5-14-4-10-17(26-2)18(12-14)27-3/h4-13H,1-3H3,(H,22,24)(H,23,25)/b11-5+/t13-/m0/s1. The van der Waals surface area contributed by atoms with Crippen molar-refractivity contribution >= 4 is 17.9 Å². The Kier molecular flexibility index (Phi) is 7.38. The van der Waals surface area contributed by atoms with E-state index in [0.29, 0.717) is 22.8 Å². The van der Waals surface area contributed by atoms with Gasteiger partial charge in [0, 0.05) is 6.08 Å². The molecule has 2 aromatic rings. The number of hydrogen-bond acceptors (Lipinski definition) is 5. The summed E-state index contributed by atoms with van der Waals surface area (Å²) in [5.74, 6) is -0.0485. The molecule has 0 radical (unpaired) electrons. The predicted molar refractivity (Wildman–Crippen MR) is 101 cm³/mol. The van der Waals surface area contributed by atoms with Crippen molar-refractivity contribution < 1.29 is 28.2 Å². The molecule has 8 heteroatoms. The van der Waals surface area contributed by atoms with Crippen LogP contribution in [0.3, 0.4) is 0 Å². The van der Waals surface area contributed by atoms with Gasteiger partial charge in [-0.3, -0.25) is 20.4 Å². The van der Waals surface area contributed by atoms with Gasteiger partial charge in [0.15, 0.2) is 17.6 Å². The van der Waals surface area contributed by atoms with E-state index in [1.165, 1.54) is 51.5 Å². The first-order valence-electron chi connectivity index (χ1n) is 8.35. The lowest BCUT2D eigenvalue weighted by atomic mass is 10.2. The van der Waals surface area contributed by atoms with E-state index in [1.807, 2.05) is 0 Å². The zero-order valence-electron chi connectivity index (χ0n) is 15.7. The molecule has 0 spiro atoms. The van der Waals surface area contributed by atoms with Gasteiger partial charge in [-0.25, -0.2) is 4.39 Å². The maximum absolute atomic E-state index is 12.9. The van der Waals surface area contributed by atoms with Gasteiger partial charge in [0.2, 0.25) is 0 Å². The minimum atomic E-state index is -0.888. The molecule has 2 rings (SSSR count). The molecule has 0 aliphatic rings. The Labute approximate surface area is 162 Å². The van der Waals surface area contributed by atoms with Crippen molar-refractivity contribution in [3.63, 3.8) is 0 Å². The quantitative estimate of drug-likeness (QED) is 0.562. The Morgan fingerprint density at radius 2 is 1.68 bits per heavy atom. The summed E-state index contributed by atoms with van der Waals surface area (Å²) in [4.78, 5) is 23.8. The summed E-state index contributed by atoms with van der Waals surface area (Å²) in [5.41, 5.74) is 5.23. The summed E-state index contributed by atoms with van der Waals surface area (Å²) in [6.07, 6.45) is 1.93. The first-order chi connectivity index (χ1) is 13.4. The minimum absolute atomic E-state index is 0.337. The molecule has 28 heavy (non-hydrogen) atoms. The number of nitrogens with one attached hydrogen (secondary N) is 2. The van der Waals surface area contributed by atoms with Gasteiger partial charge in [-0.15, -0.1) is 0 Å². The Bertz CT molecular complexity index is 852. The lowest BCUT2D eigenvalue weighted by Crippen LogP contribution is -2.46. The maximum atomic E-state index is 12.9. The molecule has 0 aliphatic heterocycles. The van der Waals surface area contributed by atoms with E-state index in [-0.39, 0.29) is 0 Å². The van der Waals surface area contributed by atoms with E-state index in [9.17, 15) is 14.0 Å². The van der Waals surface area contributed by atoms with Crippen molar-refractivity contribution in [1.29, 1.82) is 0 Å². The van der Waals surface area contributed by atoms with Crippen LogP contribution in [0.4, 0.5) is 4.39 Å². The number of methoxy groups -OCH3 is 2. The summed E-state index contributed by atoms with van der Waals surface area (Å²) in [5, 5.41) is 0. The summed E-state index contributed by atoms with van der Waals surface area (Å²) < 4.78 is 28.6. The summed E-state index contributed by atoms with van der Waals surface area (Å²) in [6, 6.07) is 10.4. The van der Waals surface area contributed by atoms with E-state index >= 15 is 0 Å². The minimum Gasteiger partial charge on any atom is -0.493 e. The Morgan fingerprint density at radius 3 is 2.32 bits per heavy atom. The van der Waals surface area contributed by atoms with Gasteiger partial charge in [-0.2, -0.15) is 0 Å². The largest absolute Gasteiger partial charge is 0.493 e. The molecule has 0 aromatic heterocycles. The van der Waals surface area contributed by atoms with Gasteiger partial charge in [0.25, 0.3) is 11.8 Å². The van der Waals surface area contributed by atoms with Crippen LogP contribution in [0, 0.1) is 5.82 Å². The van der Waals surface area contributed by atoms with Crippen molar-refractivity contribution in [1.82, 2.24) is 10.9 Å². The van der Waals surface area contributed by atoms with Crippen LogP contribution in [0.5, 0.6) is 17.2 Å². The third-order valence-corrected chi connectivity index (χ3v) is 3.64. The predicted octanol–water partition coefficient (Wildman–Crippen LogP) is 2.47. The molecular formula is C20H21FN2O5. The third kappa shape index (κ3) is 6.01. The number of hydrogen-bond donors (Lipinski definition) is 2. The van der Waals surface area contributed by atoms with Gasteiger partial charge in [0.05, 0.1) is 14.2 Å². The number of carbonyl (C=O) groups excluding carboxylic acids is 2. The van der Waals surface area contributed by atoms with Crippen molar-refractivity contribution in [2.75, 3.05) is 14.2 Å². The summed E-state index contributed by atoms with van der Waals surface area (Å²) in [6.45, 7) is 1.50. The fourth-order valence-electron chi connectivity index (χ4n) is 2.17. The molecule has 2 N–H and O–H groups in total. The fraction of sp³-hybridized carbons (Fsp3) is 0.200. The zero-order chi connectivity index (χ0) is 20.5. The highest BCUT2D eigenvalue weighted by Crippen LogP contribution is 2.27. The van der Waals surface area contributed by atoms with E-state index in [2.05, 4.69) is 10.9 Å². The van der Waals surface area contributed by atoms with Crippen LogP contribution in [0.15, 0.2) is 48.5 Å². The molecular weight excluding hydrogens is 367 g/mol. The normalized spacial score (nSPS) is 11.6. The van der Waals surface area contributed by atoms with Gasteiger partial charge < -0.3 is 14.2 Å². The SMILES string of the molecule is COc1ccc(/C=C/C(=O)NNC(=O)[C@H](C)Oc2ccc(F)cc2)cc1OC. The third-order valence-electron chi connectivity index (χ3n) is 3.64. The summed E-state index contributed by atoms with van der Waals surface area (Å²) >= 11 is 0. The second-order valence-electron chi connectivity index (χ2n) is 5.64. The van der Waals surface area contributed by atoms with Gasteiger partial charge >= 0.3 is 0 Å². The van der Waals surface area contributed by atoms with E-state index < -0.39 is 23.7 Å². The van der Waals surface area contributed by atoms with Crippen LogP contribution >= 0.6 is 0 Å². The second-order valence-corrected chi connectivity index (χ2v) is 5.64. The van der Waals surface area contributed by atoms with Crippen LogP contribution in [-0.4, -0.2) is 32.1 Å². The molecule has 7 nitrogen and oxygen atoms in total. The second kappa shape index (κ2) is 9.96. The number of ether oxygens (including phenoxy) is 3. The van der Waals surface area contributed by atoms with Gasteiger partial charge in [-0.1, -0.05) is 6.07 Å². The number of amides is 2. The molecule has 0 heterocycles. The average molecular weight is 388 g/mol. The lowest BCUT2D eigenvalue weighted by Gasteiger charge is -2.14. The molecule has 0 fully saturated rings. The molecule has 0 unspecified atom stereocenters. The van der Waals surface area contributed by atoms with Crippen LogP contribution in [-0.2, 0) is 9.59 Å². The highest BCUT2D eigenvalue weighted by molar-refractivity contribution is 5.93. The first kappa shape index (κ1) is 20.8. The van der Waals surface area contributed by atoms with E-state index in [0.717, 1.165) is 0 Å². The van der Waals surface area contributed by atoms with Crippen LogP contribution in [0.25, 0.3) is 6.08 Å². The van der Waals surface area contributed by atoms with Crippen molar-refractivity contribution in [2.24, 2.45) is 0 Å². The van der Waals surface area contributed by atoms with Crippen LogP contribution in [0.2, 0.25) is 0 Å². The average Bonchev–Trinajstić information content (AvgIpc) is 2.71. The molecule has 148 valence electrons. The number of halogens is 1. The molecule has 0 bridgehead atoms. The van der Waals surface area contributed by atoms with Crippen LogP contribution in [0.1, 0.15) is 12.5 Å². The molecule has 0 aliphatic carbocycles. The summed E-state index contributed by atoms with van der Waals surface area (Å²) in [7, 11) is 3.05. The van der Waals surface area contributed by atoms with Crippen molar-refractivity contribution in [3.05, 3.63) is 59.9 Å². The maximum Gasteiger partial charge on any atom is 0.279 e. The Hall–Kier alpha value is -3.55. The monoisotopic (exact) mass is 388 g/mol. The number of benzene rings is 2. The fourth-order valence-corrected chi connectivity index (χ4v) is 2.17. The molecule has 2 aromatic carbocycles. The van der Waals surface area contributed by atoms with Gasteiger partial charge in [0.1, 0.15) is 11.6 Å². The molecule has 2 amide bonds. The smallest absolute Gasteiger partial charge is 0.279 e. The van der Waals surface area contributed by atoms with Crippen LogP contribution < -0.4 is 25.1 Å². The number of rotatable bonds is 7. The highest BCUT2D eigenvalue weighted by atomic mass is 19.1. The first-order valence-corrected chi connectivity index (χ1v) is 8.35. The Morgan fingerprint density at radius 1 is 1.00 bits per heavy atom. The number of hydrazine groups is 1. The van der Waals surface area contributed by atoms with Gasteiger partial charge in [-0.05, 0) is 55.0 Å².